The molecule has 1 aliphatic heterocycles. The van der Waals surface area contributed by atoms with E-state index in [0.29, 0.717) is 6.61 Å². The van der Waals surface area contributed by atoms with Crippen LogP contribution in [-0.2, 0) is 4.74 Å². The first kappa shape index (κ1) is 11.0. The predicted molar refractivity (Wildman–Crippen MR) is 52.8 cm³/mol. The van der Waals surface area contributed by atoms with E-state index in [1.807, 2.05) is 0 Å². The molecule has 1 aliphatic rings. The van der Waals surface area contributed by atoms with Crippen molar-refractivity contribution in [3.63, 3.8) is 0 Å². The Hall–Kier alpha value is -0.120. The van der Waals surface area contributed by atoms with Gasteiger partial charge in [0.2, 0.25) is 0 Å². The van der Waals surface area contributed by atoms with E-state index in [9.17, 15) is 0 Å². The molecule has 1 fully saturated rings. The molecule has 13 heavy (non-hydrogen) atoms. The van der Waals surface area contributed by atoms with Crippen LogP contribution in [0.3, 0.4) is 0 Å². The summed E-state index contributed by atoms with van der Waals surface area (Å²) < 4.78 is 5.77. The second-order valence-electron chi connectivity index (χ2n) is 3.76. The molecular formula is C10H21NO2. The molecular weight excluding hydrogens is 166 g/mol. The third-order valence-electron chi connectivity index (χ3n) is 2.72. The van der Waals surface area contributed by atoms with Crippen molar-refractivity contribution in [3.8, 4) is 0 Å². The van der Waals surface area contributed by atoms with Crippen LogP contribution in [0, 0.1) is 0 Å². The average Bonchev–Trinajstić information content (AvgIpc) is 2.17. The number of aliphatic hydroxyl groups is 1. The van der Waals surface area contributed by atoms with Gasteiger partial charge in [0.05, 0.1) is 18.8 Å². The van der Waals surface area contributed by atoms with Gasteiger partial charge in [-0.05, 0) is 32.4 Å². The second-order valence-corrected chi connectivity index (χ2v) is 3.76. The molecule has 2 N–H and O–H groups in total. The monoisotopic (exact) mass is 187 g/mol. The number of piperidine rings is 1. The molecule has 0 atom stereocenters. The van der Waals surface area contributed by atoms with Crippen LogP contribution in [0.5, 0.6) is 0 Å². The number of aliphatic hydroxyl groups excluding tert-OH is 1. The molecule has 3 heteroatoms. The summed E-state index contributed by atoms with van der Waals surface area (Å²) in [5.74, 6) is 0. The van der Waals surface area contributed by atoms with Gasteiger partial charge in [-0.1, -0.05) is 13.3 Å². The quantitative estimate of drug-likeness (QED) is 0.672. The minimum atomic E-state index is 0.0583. The molecule has 0 amide bonds. The molecule has 1 heterocycles. The van der Waals surface area contributed by atoms with Crippen molar-refractivity contribution in [2.75, 3.05) is 26.3 Å². The van der Waals surface area contributed by atoms with Gasteiger partial charge in [-0.3, -0.25) is 0 Å². The zero-order chi connectivity index (χ0) is 9.57. The van der Waals surface area contributed by atoms with Crippen LogP contribution < -0.4 is 5.32 Å². The molecule has 1 rings (SSSR count). The van der Waals surface area contributed by atoms with E-state index >= 15 is 0 Å². The summed E-state index contributed by atoms with van der Waals surface area (Å²) in [7, 11) is 0. The molecule has 0 aromatic heterocycles. The maximum atomic E-state index is 8.74. The lowest BCUT2D eigenvalue weighted by atomic mass is 9.88. The van der Waals surface area contributed by atoms with E-state index in [4.69, 9.17) is 9.84 Å². The van der Waals surface area contributed by atoms with Crippen molar-refractivity contribution in [1.29, 1.82) is 0 Å². The van der Waals surface area contributed by atoms with Gasteiger partial charge in [0.25, 0.3) is 0 Å². The molecule has 0 bridgehead atoms. The van der Waals surface area contributed by atoms with Crippen LogP contribution in [0.25, 0.3) is 0 Å². The van der Waals surface area contributed by atoms with Crippen LogP contribution in [0.2, 0.25) is 0 Å². The molecule has 78 valence electrons. The van der Waals surface area contributed by atoms with Crippen LogP contribution in [0.15, 0.2) is 0 Å². The second kappa shape index (κ2) is 5.58. The number of hydrogen-bond donors (Lipinski definition) is 2. The summed E-state index contributed by atoms with van der Waals surface area (Å²) in [4.78, 5) is 0. The van der Waals surface area contributed by atoms with E-state index in [1.54, 1.807) is 0 Å². The minimum Gasteiger partial charge on any atom is -0.394 e. The number of hydrogen-bond acceptors (Lipinski definition) is 3. The first-order chi connectivity index (χ1) is 6.33. The highest BCUT2D eigenvalue weighted by atomic mass is 16.5. The average molecular weight is 187 g/mol. The van der Waals surface area contributed by atoms with Gasteiger partial charge in [-0.25, -0.2) is 0 Å². The maximum absolute atomic E-state index is 8.74. The number of ether oxygens (including phenoxy) is 1. The van der Waals surface area contributed by atoms with Gasteiger partial charge in [-0.2, -0.15) is 0 Å². The highest BCUT2D eigenvalue weighted by Crippen LogP contribution is 2.28. The van der Waals surface area contributed by atoms with E-state index < -0.39 is 0 Å². The van der Waals surface area contributed by atoms with Gasteiger partial charge in [0.1, 0.15) is 0 Å². The first-order valence-corrected chi connectivity index (χ1v) is 5.28. The molecule has 0 aromatic carbocycles. The molecule has 0 radical (unpaired) electrons. The van der Waals surface area contributed by atoms with Crippen molar-refractivity contribution in [3.05, 3.63) is 0 Å². The Balaban J connectivity index is 2.40. The Morgan fingerprint density at radius 1 is 1.38 bits per heavy atom. The molecule has 0 aliphatic carbocycles. The Labute approximate surface area is 80.5 Å². The molecule has 1 saturated heterocycles. The summed E-state index contributed by atoms with van der Waals surface area (Å²) >= 11 is 0. The summed E-state index contributed by atoms with van der Waals surface area (Å²) in [5.41, 5.74) is 0.0583. The van der Waals surface area contributed by atoms with E-state index in [0.717, 1.165) is 38.8 Å². The van der Waals surface area contributed by atoms with Crippen molar-refractivity contribution in [2.45, 2.75) is 38.2 Å². The summed E-state index contributed by atoms with van der Waals surface area (Å²) in [6.45, 7) is 4.90. The third-order valence-corrected chi connectivity index (χ3v) is 2.72. The predicted octanol–water partition coefficient (Wildman–Crippen LogP) is 0.918. The number of nitrogens with one attached hydrogen (secondary N) is 1. The highest BCUT2D eigenvalue weighted by molar-refractivity contribution is 4.85. The fraction of sp³-hybridized carbons (Fsp3) is 1.00. The standard InChI is InChI=1S/C10H21NO2/c1-2-3-10(13-9-8-12)4-6-11-7-5-10/h11-12H,2-9H2,1H3. The zero-order valence-corrected chi connectivity index (χ0v) is 8.51. The van der Waals surface area contributed by atoms with Crippen molar-refractivity contribution in [1.82, 2.24) is 5.32 Å². The highest BCUT2D eigenvalue weighted by Gasteiger charge is 2.31. The minimum absolute atomic E-state index is 0.0583. The Bertz CT molecular complexity index is 127. The molecule has 3 nitrogen and oxygen atoms in total. The topological polar surface area (TPSA) is 41.5 Å². The smallest absolute Gasteiger partial charge is 0.0707 e. The third kappa shape index (κ3) is 3.25. The largest absolute Gasteiger partial charge is 0.394 e. The number of rotatable bonds is 5. The summed E-state index contributed by atoms with van der Waals surface area (Å²) in [6.07, 6.45) is 4.45. The Morgan fingerprint density at radius 2 is 2.08 bits per heavy atom. The zero-order valence-electron chi connectivity index (χ0n) is 8.51. The van der Waals surface area contributed by atoms with Gasteiger partial charge < -0.3 is 15.2 Å². The SMILES string of the molecule is CCCC1(OCCO)CCNCC1. The lowest BCUT2D eigenvalue weighted by Crippen LogP contribution is -2.44. The van der Waals surface area contributed by atoms with Crippen molar-refractivity contribution >= 4 is 0 Å². The van der Waals surface area contributed by atoms with E-state index in [1.165, 1.54) is 0 Å². The van der Waals surface area contributed by atoms with Crippen molar-refractivity contribution < 1.29 is 9.84 Å². The van der Waals surface area contributed by atoms with Crippen LogP contribution in [0.1, 0.15) is 32.6 Å². The van der Waals surface area contributed by atoms with Gasteiger partial charge in [0.15, 0.2) is 0 Å². The first-order valence-electron chi connectivity index (χ1n) is 5.28. The summed E-state index contributed by atoms with van der Waals surface area (Å²) in [5, 5.41) is 12.1. The maximum Gasteiger partial charge on any atom is 0.0707 e. The van der Waals surface area contributed by atoms with Gasteiger partial charge >= 0.3 is 0 Å². The molecule has 0 saturated carbocycles. The Morgan fingerprint density at radius 3 is 2.62 bits per heavy atom. The molecule has 0 aromatic rings. The van der Waals surface area contributed by atoms with Gasteiger partial charge in [0, 0.05) is 0 Å². The summed E-state index contributed by atoms with van der Waals surface area (Å²) in [6, 6.07) is 0. The van der Waals surface area contributed by atoms with Crippen LogP contribution in [-0.4, -0.2) is 37.0 Å². The lowest BCUT2D eigenvalue weighted by molar-refractivity contribution is -0.0816. The van der Waals surface area contributed by atoms with Gasteiger partial charge in [-0.15, -0.1) is 0 Å². The van der Waals surface area contributed by atoms with Crippen molar-refractivity contribution in [2.24, 2.45) is 0 Å². The normalized spacial score (nSPS) is 21.7. The molecule has 0 spiro atoms. The van der Waals surface area contributed by atoms with Crippen LogP contribution >= 0.6 is 0 Å². The van der Waals surface area contributed by atoms with Crippen LogP contribution in [0.4, 0.5) is 0 Å². The van der Waals surface area contributed by atoms with E-state index in [-0.39, 0.29) is 12.2 Å². The Kier molecular flexibility index (Phi) is 4.70. The fourth-order valence-electron chi connectivity index (χ4n) is 2.07. The van der Waals surface area contributed by atoms with E-state index in [2.05, 4.69) is 12.2 Å². The fourth-order valence-corrected chi connectivity index (χ4v) is 2.07. The lowest BCUT2D eigenvalue weighted by Gasteiger charge is -2.37. The molecule has 0 unspecified atom stereocenters.